The number of rotatable bonds is 40. The number of carboxylic acid groups (broad SMARTS) is 3. The second-order valence-corrected chi connectivity index (χ2v) is 18.5. The maximum atomic E-state index is 12.9. The molecule has 18 heteroatoms. The van der Waals surface area contributed by atoms with E-state index >= 15 is 0 Å². The molecule has 1 fully saturated rings. The van der Waals surface area contributed by atoms with Gasteiger partial charge in [0, 0.05) is 94.9 Å². The molecule has 0 aromatic heterocycles. The smallest absolute Gasteiger partial charge is 0.306 e. The van der Waals surface area contributed by atoms with Gasteiger partial charge < -0.3 is 41.2 Å². The summed E-state index contributed by atoms with van der Waals surface area (Å²) in [4.78, 5) is 119. The molecule has 3 atom stereocenters. The lowest BCUT2D eigenvalue weighted by molar-refractivity contribution is -0.145. The Balaban J connectivity index is 0.000000820. The van der Waals surface area contributed by atoms with Crippen LogP contribution in [-0.4, -0.2) is 113 Å². The molecule has 400 valence electrons. The Morgan fingerprint density at radius 2 is 1.32 bits per heavy atom. The summed E-state index contributed by atoms with van der Waals surface area (Å²) in [7, 11) is 0. The van der Waals surface area contributed by atoms with E-state index in [1.165, 1.54) is 18.4 Å². The second-order valence-electron chi connectivity index (χ2n) is 18.5. The molecule has 0 spiro atoms. The molecule has 1 aliphatic carbocycles. The van der Waals surface area contributed by atoms with Gasteiger partial charge in [0.15, 0.2) is 11.6 Å². The van der Waals surface area contributed by atoms with Crippen LogP contribution in [0.4, 0.5) is 0 Å². The van der Waals surface area contributed by atoms with Gasteiger partial charge in [-0.15, -0.1) is 0 Å². The van der Waals surface area contributed by atoms with E-state index in [-0.39, 0.29) is 111 Å². The molecule has 0 radical (unpaired) electrons. The third-order valence-corrected chi connectivity index (χ3v) is 12.7. The minimum atomic E-state index is -1.20. The number of ketones is 4. The van der Waals surface area contributed by atoms with Crippen LogP contribution < -0.4 is 16.4 Å². The number of Topliss-reactive ketones (excluding diaryl/α,β-unsaturated/α-hetero) is 4. The molecule has 3 amide bonds. The van der Waals surface area contributed by atoms with Crippen molar-refractivity contribution in [1.82, 2.24) is 10.6 Å². The summed E-state index contributed by atoms with van der Waals surface area (Å²) in [6, 6.07) is 6.92. The van der Waals surface area contributed by atoms with Gasteiger partial charge in [-0.1, -0.05) is 57.4 Å². The third-order valence-electron chi connectivity index (χ3n) is 12.7. The van der Waals surface area contributed by atoms with Gasteiger partial charge in [-0.2, -0.15) is 0 Å². The van der Waals surface area contributed by atoms with Crippen molar-refractivity contribution in [3.63, 3.8) is 0 Å². The molecule has 0 heterocycles. The van der Waals surface area contributed by atoms with E-state index in [9.17, 15) is 53.1 Å². The molecule has 71 heavy (non-hydrogen) atoms. The van der Waals surface area contributed by atoms with Crippen molar-refractivity contribution < 1.29 is 72.7 Å². The van der Waals surface area contributed by atoms with Crippen molar-refractivity contribution >= 4 is 58.8 Å². The van der Waals surface area contributed by atoms with Crippen molar-refractivity contribution in [3.05, 3.63) is 35.4 Å². The van der Waals surface area contributed by atoms with E-state index in [0.717, 1.165) is 31.2 Å². The van der Waals surface area contributed by atoms with Gasteiger partial charge in [-0.05, 0) is 95.5 Å². The van der Waals surface area contributed by atoms with Crippen LogP contribution in [0.1, 0.15) is 184 Å². The summed E-state index contributed by atoms with van der Waals surface area (Å²) in [6.07, 6.45) is 10.0. The quantitative estimate of drug-likeness (QED) is 0.0285. The van der Waals surface area contributed by atoms with Crippen LogP contribution in [0, 0.1) is 23.7 Å². The molecule has 2 rings (SSSR count). The molecule has 7 N–H and O–H groups in total. The number of ether oxygens (including phenoxy) is 2. The molecule has 1 aromatic rings. The predicted octanol–water partition coefficient (Wildman–Crippen LogP) is 6.99. The molecular formula is C53H83N3O15. The Kier molecular flexibility index (Phi) is 34.4. The first kappa shape index (κ1) is 63.7. The first-order valence-corrected chi connectivity index (χ1v) is 25.8. The number of hydrogen-bond acceptors (Lipinski definition) is 12. The number of carbonyl (C=O) groups is 10. The van der Waals surface area contributed by atoms with Crippen molar-refractivity contribution in [2.24, 2.45) is 29.4 Å². The van der Waals surface area contributed by atoms with E-state index in [0.29, 0.717) is 84.3 Å². The number of aliphatic carboxylic acids is 3. The van der Waals surface area contributed by atoms with Crippen molar-refractivity contribution in [3.8, 4) is 0 Å². The monoisotopic (exact) mass is 1000 g/mol. The highest BCUT2D eigenvalue weighted by molar-refractivity contribution is 5.96. The van der Waals surface area contributed by atoms with Crippen molar-refractivity contribution in [2.45, 2.75) is 181 Å². The lowest BCUT2D eigenvalue weighted by Crippen LogP contribution is -2.41. The zero-order valence-electron chi connectivity index (χ0n) is 42.5. The minimum absolute atomic E-state index is 0.0673. The summed E-state index contributed by atoms with van der Waals surface area (Å²) in [5.41, 5.74) is 7.43. The summed E-state index contributed by atoms with van der Waals surface area (Å²) >= 11 is 0. The predicted molar refractivity (Wildman–Crippen MR) is 265 cm³/mol. The van der Waals surface area contributed by atoms with E-state index in [1.54, 1.807) is 6.92 Å². The molecule has 0 bridgehead atoms. The summed E-state index contributed by atoms with van der Waals surface area (Å²) in [5.74, 6) is -6.29. The topological polar surface area (TPSA) is 300 Å². The minimum Gasteiger partial charge on any atom is -0.481 e. The van der Waals surface area contributed by atoms with Gasteiger partial charge in [0.1, 0.15) is 11.6 Å². The normalized spacial score (nSPS) is 15.5. The lowest BCUT2D eigenvalue weighted by Gasteiger charge is -2.28. The van der Waals surface area contributed by atoms with E-state index < -0.39 is 41.7 Å². The maximum Gasteiger partial charge on any atom is 0.306 e. The first-order valence-electron chi connectivity index (χ1n) is 25.8. The third kappa shape index (κ3) is 30.9. The highest BCUT2D eigenvalue weighted by Crippen LogP contribution is 2.31. The van der Waals surface area contributed by atoms with Crippen LogP contribution in [0.3, 0.4) is 0 Å². The lowest BCUT2D eigenvalue weighted by atomic mass is 9.78. The molecule has 0 unspecified atom stereocenters. The first-order chi connectivity index (χ1) is 33.9. The van der Waals surface area contributed by atoms with Gasteiger partial charge in [-0.3, -0.25) is 47.9 Å². The fourth-order valence-electron chi connectivity index (χ4n) is 8.20. The maximum absolute atomic E-state index is 12.9. The zero-order valence-corrected chi connectivity index (χ0v) is 42.5. The Morgan fingerprint density at radius 3 is 1.93 bits per heavy atom. The van der Waals surface area contributed by atoms with Gasteiger partial charge in [0.2, 0.25) is 17.7 Å². The molecule has 0 aliphatic heterocycles. The Bertz CT molecular complexity index is 1810. The molecule has 1 saturated carbocycles. The van der Waals surface area contributed by atoms with Crippen LogP contribution in [0.5, 0.6) is 0 Å². The highest BCUT2D eigenvalue weighted by atomic mass is 16.5. The highest BCUT2D eigenvalue weighted by Gasteiger charge is 2.31. The molecule has 0 saturated heterocycles. The van der Waals surface area contributed by atoms with Crippen molar-refractivity contribution in [1.29, 1.82) is 0 Å². The number of unbranched alkanes of at least 4 members (excludes halogenated alkanes) is 3. The fraction of sp³-hybridized carbons (Fsp3) is 0.698. The number of aryl methyl sites for hydroxylation is 1. The molecule has 1 aromatic carbocycles. The number of amides is 3. The van der Waals surface area contributed by atoms with Crippen molar-refractivity contribution in [2.75, 3.05) is 33.0 Å². The molecule has 18 nitrogen and oxygen atoms in total. The zero-order chi connectivity index (χ0) is 53.0. The number of primary amides is 1. The Hall–Kier alpha value is -5.36. The van der Waals surface area contributed by atoms with Crippen LogP contribution in [-0.2, 0) is 59.0 Å². The molecule has 1 aliphatic rings. The van der Waals surface area contributed by atoms with Crippen LogP contribution in [0.25, 0.3) is 0 Å². The number of nitrogens with two attached hydrogens (primary N) is 1. The largest absolute Gasteiger partial charge is 0.481 e. The number of benzene rings is 1. The molecular weight excluding hydrogens is 919 g/mol. The standard InChI is InChI=1S/C31H50N2O12.C22H33NO3/c1-2-44-17-18-45-16-4-5-25(34)24(13-15-30(40)41)33-28(37)14-12-23(31(42)43)19-26(35)22-10-8-21(9-11-22)20-32-27(36)6-3-7-29(38)39;1-3-5-9-17-12-14-18(15-13-17)21(25)11-8-6-7-10-19(22(23)26)16-20(24)4-2/h21-24H,2-20H2,1H3,(H,32,36)(H,33,37)(H,38,39)(H,40,41)(H,42,43);12-15,19H,3-11,16H2,1-2H3,(H2,23,26)/t21?,22?,23-,24+;19-/m11/s1. The second kappa shape index (κ2) is 38.3. The van der Waals surface area contributed by atoms with Crippen LogP contribution in [0.15, 0.2) is 24.3 Å². The fourth-order valence-corrected chi connectivity index (χ4v) is 8.20. The SMILES string of the molecule is CCCCc1ccc(C(=O)CCCCC[C@H](CC(=O)CC)C(N)=O)cc1.CCOCCOCCCC(=O)[C@H](CCC(=O)O)NC(=O)CC[C@H](CC(=O)C1CCC(CNC(=O)CCCC(=O)O)CC1)C(=O)O. The van der Waals surface area contributed by atoms with Gasteiger partial charge >= 0.3 is 17.9 Å². The van der Waals surface area contributed by atoms with Crippen LogP contribution >= 0.6 is 0 Å². The Morgan fingerprint density at radius 1 is 0.648 bits per heavy atom. The van der Waals surface area contributed by atoms with Gasteiger partial charge in [0.25, 0.3) is 0 Å². The summed E-state index contributed by atoms with van der Waals surface area (Å²) in [5, 5.41) is 32.8. The van der Waals surface area contributed by atoms with E-state index in [2.05, 4.69) is 17.6 Å². The van der Waals surface area contributed by atoms with Gasteiger partial charge in [0.05, 0.1) is 25.2 Å². The Labute approximate surface area is 419 Å². The number of hydrogen-bond donors (Lipinski definition) is 6. The average molecular weight is 1000 g/mol. The summed E-state index contributed by atoms with van der Waals surface area (Å²) in [6.45, 7) is 7.97. The van der Waals surface area contributed by atoms with Crippen LogP contribution in [0.2, 0.25) is 0 Å². The van der Waals surface area contributed by atoms with E-state index in [1.807, 2.05) is 31.2 Å². The number of nitrogens with one attached hydrogen (secondary N) is 2. The van der Waals surface area contributed by atoms with Gasteiger partial charge in [-0.25, -0.2) is 0 Å². The number of carbonyl (C=O) groups excluding carboxylic acids is 7. The summed E-state index contributed by atoms with van der Waals surface area (Å²) < 4.78 is 10.5. The van der Waals surface area contributed by atoms with E-state index in [4.69, 9.17) is 25.4 Å². The average Bonchev–Trinajstić information content (AvgIpc) is 3.34. The number of carboxylic acids is 3.